The molecule has 0 rings (SSSR count). The molecule has 0 heterocycles. The first-order valence-corrected chi connectivity index (χ1v) is 32.3. The van der Waals surface area contributed by atoms with Crippen LogP contribution in [0.25, 0.3) is 0 Å². The monoisotopic (exact) mass is 1110 g/mol. The lowest BCUT2D eigenvalue weighted by atomic mass is 10.1. The van der Waals surface area contributed by atoms with Gasteiger partial charge in [0.15, 0.2) is 6.10 Å². The molecule has 0 aromatic rings. The molecule has 452 valence electrons. The van der Waals surface area contributed by atoms with Gasteiger partial charge >= 0.3 is 17.9 Å². The van der Waals surface area contributed by atoms with Gasteiger partial charge < -0.3 is 14.2 Å². The van der Waals surface area contributed by atoms with E-state index < -0.39 is 6.10 Å². The molecule has 0 aliphatic carbocycles. The average Bonchev–Trinajstić information content (AvgIpc) is 3.46. The molecule has 6 heteroatoms. The van der Waals surface area contributed by atoms with Crippen molar-refractivity contribution < 1.29 is 28.6 Å². The van der Waals surface area contributed by atoms with Crippen LogP contribution < -0.4 is 0 Å². The van der Waals surface area contributed by atoms with E-state index in [4.69, 9.17) is 14.2 Å². The third-order valence-corrected chi connectivity index (χ3v) is 12.9. The van der Waals surface area contributed by atoms with E-state index in [0.717, 1.165) is 154 Å². The molecule has 0 aliphatic rings. The molecular formula is C75H116O6. The van der Waals surface area contributed by atoms with Crippen molar-refractivity contribution in [3.05, 3.63) is 182 Å². The maximum atomic E-state index is 12.9. The van der Waals surface area contributed by atoms with Crippen molar-refractivity contribution in [2.75, 3.05) is 13.2 Å². The second kappa shape index (κ2) is 67.0. The summed E-state index contributed by atoms with van der Waals surface area (Å²) >= 11 is 0. The van der Waals surface area contributed by atoms with Gasteiger partial charge in [0.25, 0.3) is 0 Å². The number of esters is 3. The molecule has 6 nitrogen and oxygen atoms in total. The lowest BCUT2D eigenvalue weighted by Crippen LogP contribution is -2.30. The van der Waals surface area contributed by atoms with Crippen LogP contribution in [0.4, 0.5) is 0 Å². The number of unbranched alkanes of at least 4 members (excludes halogenated alkanes) is 15. The number of hydrogen-bond donors (Lipinski definition) is 0. The SMILES string of the molecule is CC/C=C\C/C=C\C/C=C\C/C=C\C/C=C\C/C=C\C/C=C\CCCCCCCCCCCC(=O)OCC(COC(=O)CC/C=C\C/C=C\C/C=C\C/C=C\CC)OC(=O)CCCCCCCC/C=C\C/C=C\C/C=C\C/C=C\CC. The smallest absolute Gasteiger partial charge is 0.306 e. The fourth-order valence-corrected chi connectivity index (χ4v) is 8.19. The molecule has 0 saturated carbocycles. The highest BCUT2D eigenvalue weighted by molar-refractivity contribution is 5.71. The Balaban J connectivity index is 4.39. The Morgan fingerprint density at radius 2 is 0.469 bits per heavy atom. The molecule has 0 aromatic heterocycles. The zero-order chi connectivity index (χ0) is 58.5. The highest BCUT2D eigenvalue weighted by Crippen LogP contribution is 2.14. The van der Waals surface area contributed by atoms with Crippen LogP contribution in [0.15, 0.2) is 182 Å². The summed E-state index contributed by atoms with van der Waals surface area (Å²) in [6, 6.07) is 0. The minimum Gasteiger partial charge on any atom is -0.462 e. The van der Waals surface area contributed by atoms with Gasteiger partial charge in [-0.05, 0) is 141 Å². The largest absolute Gasteiger partial charge is 0.462 e. The third kappa shape index (κ3) is 65.2. The summed E-state index contributed by atoms with van der Waals surface area (Å²) in [5.74, 6) is -1.03. The molecule has 1 unspecified atom stereocenters. The summed E-state index contributed by atoms with van der Waals surface area (Å²) in [6.07, 6.45) is 101. The predicted octanol–water partition coefficient (Wildman–Crippen LogP) is 22.4. The molecule has 0 N–H and O–H groups in total. The predicted molar refractivity (Wildman–Crippen MR) is 352 cm³/mol. The molecule has 0 spiro atoms. The number of allylic oxidation sites excluding steroid dienone is 30. The summed E-state index contributed by atoms with van der Waals surface area (Å²) in [7, 11) is 0. The highest BCUT2D eigenvalue weighted by Gasteiger charge is 2.19. The Hall–Kier alpha value is -5.49. The van der Waals surface area contributed by atoms with Gasteiger partial charge in [0.2, 0.25) is 0 Å². The fourth-order valence-electron chi connectivity index (χ4n) is 8.19. The Bertz CT molecular complexity index is 1900. The molecule has 0 saturated heterocycles. The minimum atomic E-state index is -0.828. The van der Waals surface area contributed by atoms with Crippen molar-refractivity contribution in [3.63, 3.8) is 0 Å². The molecular weight excluding hydrogens is 997 g/mol. The van der Waals surface area contributed by atoms with Gasteiger partial charge in [-0.2, -0.15) is 0 Å². The fraction of sp³-hybridized carbons (Fsp3) is 0.560. The maximum absolute atomic E-state index is 12.9. The van der Waals surface area contributed by atoms with Gasteiger partial charge in [-0.15, -0.1) is 0 Å². The molecule has 0 bridgehead atoms. The lowest BCUT2D eigenvalue weighted by molar-refractivity contribution is -0.166. The van der Waals surface area contributed by atoms with Crippen molar-refractivity contribution in [1.29, 1.82) is 0 Å². The van der Waals surface area contributed by atoms with E-state index in [1.54, 1.807) is 0 Å². The minimum absolute atomic E-state index is 0.118. The zero-order valence-corrected chi connectivity index (χ0v) is 51.7. The van der Waals surface area contributed by atoms with Gasteiger partial charge in [0, 0.05) is 19.3 Å². The number of carbonyl (C=O) groups is 3. The normalized spacial score (nSPS) is 13.4. The standard InChI is InChI=1S/C75H116O6/c1-4-7-10-13-16-19-22-25-27-29-31-32-33-34-35-36-37-38-39-40-41-42-44-45-47-50-53-56-59-62-65-68-74(77)80-71-72(70-79-73(76)67-64-61-58-55-52-49-24-21-18-15-12-9-6-3)81-75(78)69-66-63-60-57-54-51-48-46-43-30-28-26-23-20-17-14-11-8-5-2/h7-12,16-21,25-28,31-32,34-35,37-38,40-41,43,46,49,52,58,61,72H,4-6,13-15,22-24,29-30,33,36,39,42,44-45,47-48,50-51,53-57,59-60,62-71H2,1-3H3/b10-7-,11-8-,12-9-,19-16-,20-17-,21-18-,27-25-,28-26-,32-31-,35-34-,38-37-,41-40-,46-43-,52-49-,61-58-. The summed E-state index contributed by atoms with van der Waals surface area (Å²) in [5.41, 5.74) is 0. The molecule has 0 aliphatic heterocycles. The lowest BCUT2D eigenvalue weighted by Gasteiger charge is -2.18. The van der Waals surface area contributed by atoms with Crippen LogP contribution in [0.5, 0.6) is 0 Å². The maximum Gasteiger partial charge on any atom is 0.306 e. The summed E-state index contributed by atoms with van der Waals surface area (Å²) in [4.78, 5) is 38.3. The third-order valence-electron chi connectivity index (χ3n) is 12.9. The summed E-state index contributed by atoms with van der Waals surface area (Å²) < 4.78 is 16.8. The van der Waals surface area contributed by atoms with E-state index in [2.05, 4.69) is 191 Å². The first-order chi connectivity index (χ1) is 40.0. The first kappa shape index (κ1) is 75.5. The second-order valence-electron chi connectivity index (χ2n) is 20.5. The van der Waals surface area contributed by atoms with Crippen LogP contribution in [-0.2, 0) is 28.6 Å². The van der Waals surface area contributed by atoms with E-state index in [1.165, 1.54) is 51.4 Å². The van der Waals surface area contributed by atoms with E-state index in [1.807, 2.05) is 12.2 Å². The highest BCUT2D eigenvalue weighted by atomic mass is 16.6. The van der Waals surface area contributed by atoms with Gasteiger partial charge in [-0.1, -0.05) is 274 Å². The number of hydrogen-bond acceptors (Lipinski definition) is 6. The molecule has 0 amide bonds. The van der Waals surface area contributed by atoms with Crippen LogP contribution in [-0.4, -0.2) is 37.2 Å². The van der Waals surface area contributed by atoms with E-state index >= 15 is 0 Å². The van der Waals surface area contributed by atoms with E-state index in [0.29, 0.717) is 12.8 Å². The van der Waals surface area contributed by atoms with Crippen LogP contribution >= 0.6 is 0 Å². The topological polar surface area (TPSA) is 78.9 Å². The summed E-state index contributed by atoms with van der Waals surface area (Å²) in [5, 5.41) is 0. The summed E-state index contributed by atoms with van der Waals surface area (Å²) in [6.45, 7) is 6.20. The second-order valence-corrected chi connectivity index (χ2v) is 20.5. The van der Waals surface area contributed by atoms with Crippen LogP contribution in [0, 0.1) is 0 Å². The Kier molecular flexibility index (Phi) is 62.5. The zero-order valence-electron chi connectivity index (χ0n) is 51.7. The Labute approximate surface area is 497 Å². The average molecular weight is 1110 g/mol. The van der Waals surface area contributed by atoms with Gasteiger partial charge in [0.1, 0.15) is 13.2 Å². The Morgan fingerprint density at radius 1 is 0.247 bits per heavy atom. The van der Waals surface area contributed by atoms with Crippen molar-refractivity contribution in [2.45, 2.75) is 258 Å². The van der Waals surface area contributed by atoms with Crippen molar-refractivity contribution in [3.8, 4) is 0 Å². The van der Waals surface area contributed by atoms with E-state index in [9.17, 15) is 14.4 Å². The molecule has 81 heavy (non-hydrogen) atoms. The number of rotatable bonds is 56. The molecule has 0 aromatic carbocycles. The van der Waals surface area contributed by atoms with Crippen LogP contribution in [0.2, 0.25) is 0 Å². The molecule has 1 atom stereocenters. The van der Waals surface area contributed by atoms with Crippen molar-refractivity contribution in [2.24, 2.45) is 0 Å². The number of ether oxygens (including phenoxy) is 3. The van der Waals surface area contributed by atoms with Gasteiger partial charge in [0.05, 0.1) is 0 Å². The first-order valence-electron chi connectivity index (χ1n) is 32.3. The van der Waals surface area contributed by atoms with Crippen LogP contribution in [0.1, 0.15) is 252 Å². The van der Waals surface area contributed by atoms with Crippen molar-refractivity contribution >= 4 is 17.9 Å². The Morgan fingerprint density at radius 3 is 0.765 bits per heavy atom. The van der Waals surface area contributed by atoms with Gasteiger partial charge in [-0.25, -0.2) is 0 Å². The van der Waals surface area contributed by atoms with Crippen molar-refractivity contribution in [1.82, 2.24) is 0 Å². The van der Waals surface area contributed by atoms with Gasteiger partial charge in [-0.3, -0.25) is 14.4 Å². The quantitative estimate of drug-likeness (QED) is 0.0261. The van der Waals surface area contributed by atoms with Crippen LogP contribution in [0.3, 0.4) is 0 Å². The molecule has 0 fully saturated rings. The molecule has 0 radical (unpaired) electrons. The van der Waals surface area contributed by atoms with E-state index in [-0.39, 0.29) is 44.0 Å². The number of carbonyl (C=O) groups excluding carboxylic acids is 3.